The molecule has 142 valence electrons. The molecule has 0 bridgehead atoms. The lowest BCUT2D eigenvalue weighted by molar-refractivity contribution is -0.154. The summed E-state index contributed by atoms with van der Waals surface area (Å²) in [6.45, 7) is 0.863. The third kappa shape index (κ3) is 4.69. The number of hydrogen-bond acceptors (Lipinski definition) is 4. The number of rotatable bonds is 6. The van der Waals surface area contributed by atoms with Crippen molar-refractivity contribution in [1.82, 2.24) is 4.90 Å². The number of ether oxygens (including phenoxy) is 2. The molecule has 1 unspecified atom stereocenters. The van der Waals surface area contributed by atoms with Gasteiger partial charge in [0.1, 0.15) is 11.8 Å². The molecule has 0 saturated heterocycles. The Kier molecular flexibility index (Phi) is 6.50. The van der Waals surface area contributed by atoms with E-state index >= 15 is 0 Å². The Morgan fingerprint density at radius 1 is 1.11 bits per heavy atom. The van der Waals surface area contributed by atoms with E-state index in [1.165, 1.54) is 7.11 Å². The molecule has 6 heteroatoms. The van der Waals surface area contributed by atoms with Crippen LogP contribution in [0, 0.1) is 0 Å². The maximum absolute atomic E-state index is 12.8. The normalized spacial score (nSPS) is 15.8. The molecule has 3 rings (SSSR count). The molecule has 1 aliphatic rings. The molecule has 0 fully saturated rings. The fourth-order valence-corrected chi connectivity index (χ4v) is 3.64. The van der Waals surface area contributed by atoms with Crippen LogP contribution in [0.25, 0.3) is 0 Å². The first-order chi connectivity index (χ1) is 13.1. The average Bonchev–Trinajstić information content (AvgIpc) is 2.70. The van der Waals surface area contributed by atoms with E-state index in [0.29, 0.717) is 32.4 Å². The van der Waals surface area contributed by atoms with Gasteiger partial charge in [-0.3, -0.25) is 4.79 Å². The van der Waals surface area contributed by atoms with Gasteiger partial charge in [0, 0.05) is 19.4 Å². The van der Waals surface area contributed by atoms with Gasteiger partial charge in [-0.15, -0.1) is 0 Å². The van der Waals surface area contributed by atoms with Gasteiger partial charge in [0.05, 0.1) is 18.2 Å². The van der Waals surface area contributed by atoms with Crippen molar-refractivity contribution in [2.75, 3.05) is 13.7 Å². The molecule has 0 aromatic heterocycles. The highest BCUT2D eigenvalue weighted by Gasteiger charge is 2.34. The number of carbonyl (C=O) groups is 2. The van der Waals surface area contributed by atoms with Crippen molar-refractivity contribution in [1.29, 1.82) is 0 Å². The monoisotopic (exact) mass is 431 g/mol. The van der Waals surface area contributed by atoms with Crippen LogP contribution in [0.4, 0.5) is 0 Å². The van der Waals surface area contributed by atoms with Crippen LogP contribution in [0.5, 0.6) is 5.75 Å². The molecule has 0 aliphatic carbocycles. The van der Waals surface area contributed by atoms with E-state index in [-0.39, 0.29) is 11.9 Å². The Labute approximate surface area is 167 Å². The minimum Gasteiger partial charge on any atom is -0.492 e. The van der Waals surface area contributed by atoms with Crippen molar-refractivity contribution in [3.63, 3.8) is 0 Å². The minimum absolute atomic E-state index is 0.0596. The fourth-order valence-electron chi connectivity index (χ4n) is 3.24. The number of fused-ring (bicyclic) bond motifs is 1. The highest BCUT2D eigenvalue weighted by Crippen LogP contribution is 2.26. The maximum Gasteiger partial charge on any atom is 0.328 e. The number of para-hydroxylation sites is 1. The highest BCUT2D eigenvalue weighted by molar-refractivity contribution is 9.10. The number of carbonyl (C=O) groups excluding carboxylic acids is 2. The number of amides is 1. The summed E-state index contributed by atoms with van der Waals surface area (Å²) in [7, 11) is 1.36. The number of esters is 1. The molecular formula is C21H22BrNO4. The third-order valence-electron chi connectivity index (χ3n) is 4.67. The van der Waals surface area contributed by atoms with Gasteiger partial charge in [0.2, 0.25) is 5.91 Å². The summed E-state index contributed by atoms with van der Waals surface area (Å²) >= 11 is 3.44. The van der Waals surface area contributed by atoms with Crippen molar-refractivity contribution in [3.8, 4) is 5.75 Å². The van der Waals surface area contributed by atoms with Crippen molar-refractivity contribution in [2.24, 2.45) is 0 Å². The van der Waals surface area contributed by atoms with Crippen LogP contribution >= 0.6 is 15.9 Å². The molecule has 0 saturated carbocycles. The summed E-state index contributed by atoms with van der Waals surface area (Å²) < 4.78 is 11.5. The molecule has 5 nitrogen and oxygen atoms in total. The molecule has 1 heterocycles. The Morgan fingerprint density at radius 3 is 2.56 bits per heavy atom. The van der Waals surface area contributed by atoms with E-state index < -0.39 is 6.04 Å². The summed E-state index contributed by atoms with van der Waals surface area (Å²) in [4.78, 5) is 26.6. The first-order valence-electron chi connectivity index (χ1n) is 8.91. The summed E-state index contributed by atoms with van der Waals surface area (Å²) in [5, 5.41) is 0. The summed E-state index contributed by atoms with van der Waals surface area (Å²) in [5.74, 6) is 0.322. The zero-order chi connectivity index (χ0) is 19.2. The Balaban J connectivity index is 1.60. The van der Waals surface area contributed by atoms with Crippen LogP contribution in [-0.4, -0.2) is 36.5 Å². The van der Waals surface area contributed by atoms with Crippen molar-refractivity contribution >= 4 is 27.8 Å². The van der Waals surface area contributed by atoms with Crippen LogP contribution in [0.1, 0.15) is 24.0 Å². The highest BCUT2D eigenvalue weighted by atomic mass is 79.9. The smallest absolute Gasteiger partial charge is 0.328 e. The van der Waals surface area contributed by atoms with Crippen molar-refractivity contribution in [3.05, 3.63) is 64.1 Å². The van der Waals surface area contributed by atoms with Gasteiger partial charge in [-0.1, -0.05) is 36.4 Å². The van der Waals surface area contributed by atoms with E-state index in [2.05, 4.69) is 15.9 Å². The number of methoxy groups -OCH3 is 1. The largest absolute Gasteiger partial charge is 0.492 e. The SMILES string of the molecule is COC(=O)C1Cc2ccccc2CN1C(=O)CCCOc1ccccc1Br. The zero-order valence-corrected chi connectivity index (χ0v) is 16.8. The molecule has 1 amide bonds. The molecule has 0 radical (unpaired) electrons. The van der Waals surface area contributed by atoms with Crippen LogP contribution < -0.4 is 4.74 Å². The van der Waals surface area contributed by atoms with Gasteiger partial charge in [0.25, 0.3) is 0 Å². The second kappa shape index (κ2) is 9.04. The van der Waals surface area contributed by atoms with E-state index in [1.807, 2.05) is 48.5 Å². The van der Waals surface area contributed by atoms with E-state index in [0.717, 1.165) is 21.3 Å². The quantitative estimate of drug-likeness (QED) is 0.516. The summed E-state index contributed by atoms with van der Waals surface area (Å²) in [6, 6.07) is 14.9. The second-order valence-corrected chi connectivity index (χ2v) is 7.27. The Morgan fingerprint density at radius 2 is 1.81 bits per heavy atom. The van der Waals surface area contributed by atoms with Crippen LogP contribution in [-0.2, 0) is 27.3 Å². The van der Waals surface area contributed by atoms with Crippen molar-refractivity contribution in [2.45, 2.75) is 31.8 Å². The average molecular weight is 432 g/mol. The number of hydrogen-bond donors (Lipinski definition) is 0. The number of benzene rings is 2. The Bertz CT molecular complexity index is 823. The maximum atomic E-state index is 12.8. The van der Waals surface area contributed by atoms with Gasteiger partial charge in [0.15, 0.2) is 0 Å². The van der Waals surface area contributed by atoms with Gasteiger partial charge in [-0.2, -0.15) is 0 Å². The molecular weight excluding hydrogens is 410 g/mol. The molecule has 1 atom stereocenters. The summed E-state index contributed by atoms with van der Waals surface area (Å²) in [5.41, 5.74) is 2.17. The van der Waals surface area contributed by atoms with Gasteiger partial charge in [-0.25, -0.2) is 4.79 Å². The van der Waals surface area contributed by atoms with Gasteiger partial charge < -0.3 is 14.4 Å². The van der Waals surface area contributed by atoms with Crippen LogP contribution in [0.2, 0.25) is 0 Å². The van der Waals surface area contributed by atoms with Crippen molar-refractivity contribution < 1.29 is 19.1 Å². The lowest BCUT2D eigenvalue weighted by Gasteiger charge is -2.35. The molecule has 0 N–H and O–H groups in total. The first-order valence-corrected chi connectivity index (χ1v) is 9.71. The topological polar surface area (TPSA) is 55.8 Å². The molecule has 1 aliphatic heterocycles. The lowest BCUT2D eigenvalue weighted by atomic mass is 9.93. The first kappa shape index (κ1) is 19.4. The number of halogens is 1. The third-order valence-corrected chi connectivity index (χ3v) is 5.33. The predicted octanol–water partition coefficient (Wildman–Crippen LogP) is 3.73. The van der Waals surface area contributed by atoms with Gasteiger partial charge in [-0.05, 0) is 45.6 Å². The standard InChI is InChI=1S/C21H22BrNO4/c1-26-21(25)18-13-15-7-2-3-8-16(15)14-23(18)20(24)11-6-12-27-19-10-5-4-9-17(19)22/h2-5,7-10,18H,6,11-14H2,1H3. The van der Waals surface area contributed by atoms with E-state index in [9.17, 15) is 9.59 Å². The lowest BCUT2D eigenvalue weighted by Crippen LogP contribution is -2.49. The van der Waals surface area contributed by atoms with E-state index in [4.69, 9.17) is 9.47 Å². The molecule has 2 aromatic carbocycles. The molecule has 0 spiro atoms. The number of nitrogens with zero attached hydrogens (tertiary/aromatic N) is 1. The van der Waals surface area contributed by atoms with Gasteiger partial charge >= 0.3 is 5.97 Å². The second-order valence-electron chi connectivity index (χ2n) is 6.42. The fraction of sp³-hybridized carbons (Fsp3) is 0.333. The molecule has 2 aromatic rings. The van der Waals surface area contributed by atoms with Crippen LogP contribution in [0.3, 0.4) is 0 Å². The predicted molar refractivity (Wildman–Crippen MR) is 105 cm³/mol. The van der Waals surface area contributed by atoms with Crippen LogP contribution in [0.15, 0.2) is 53.0 Å². The van der Waals surface area contributed by atoms with E-state index in [1.54, 1.807) is 4.90 Å². The molecule has 27 heavy (non-hydrogen) atoms. The minimum atomic E-state index is -0.568. The summed E-state index contributed by atoms with van der Waals surface area (Å²) in [6.07, 6.45) is 1.38. The Hall–Kier alpha value is -2.34. The zero-order valence-electron chi connectivity index (χ0n) is 15.2.